The molecule has 0 spiro atoms. The zero-order valence-corrected chi connectivity index (χ0v) is 27.9. The number of aliphatic hydroxyl groups excluding tert-OH is 1. The maximum atomic E-state index is 12.4. The van der Waals surface area contributed by atoms with E-state index in [2.05, 4.69) is 0 Å². The molecule has 1 aromatic rings. The van der Waals surface area contributed by atoms with E-state index in [0.717, 1.165) is 41.5 Å². The van der Waals surface area contributed by atoms with Gasteiger partial charge in [0, 0.05) is 41.5 Å². The molecule has 1 aromatic carbocycles. The van der Waals surface area contributed by atoms with Crippen molar-refractivity contribution in [1.29, 1.82) is 0 Å². The van der Waals surface area contributed by atoms with E-state index in [4.69, 9.17) is 52.1 Å². The zero-order valence-electron chi connectivity index (χ0n) is 27.9. The smallest absolute Gasteiger partial charge is 0.303 e. The van der Waals surface area contributed by atoms with Crippen LogP contribution in [0.25, 0.3) is 0 Å². The Morgan fingerprint density at radius 3 is 1.49 bits per heavy atom. The molecule has 0 amide bonds. The Labute approximate surface area is 281 Å². The molecular weight excluding hydrogens is 660 g/mol. The Hall–Kier alpha value is -4.52. The summed E-state index contributed by atoms with van der Waals surface area (Å²) < 4.78 is 61.4. The van der Waals surface area contributed by atoms with Crippen LogP contribution in [0.4, 0.5) is 0 Å². The lowest BCUT2D eigenvalue weighted by Gasteiger charge is -2.48. The molecule has 10 atom stereocenters. The lowest BCUT2D eigenvalue weighted by atomic mass is 9.96. The van der Waals surface area contributed by atoms with E-state index in [1.807, 2.05) is 0 Å². The lowest BCUT2D eigenvalue weighted by molar-refractivity contribution is -0.354. The molecule has 3 rings (SSSR count). The molecule has 2 saturated heterocycles. The average molecular weight is 701 g/mol. The van der Waals surface area contributed by atoms with Gasteiger partial charge < -0.3 is 57.2 Å². The number of carbonyl (C=O) groups is 6. The second-order valence-corrected chi connectivity index (χ2v) is 10.9. The maximum Gasteiger partial charge on any atom is 0.303 e. The van der Waals surface area contributed by atoms with Crippen LogP contribution in [-0.4, -0.2) is 123 Å². The summed E-state index contributed by atoms with van der Waals surface area (Å²) in [5, 5.41) is 11.3. The third-order valence-corrected chi connectivity index (χ3v) is 6.92. The molecule has 0 aromatic heterocycles. The standard InChI is InChI=1S/C31H40O18/c1-14(32)40-12-22-25(42-16(3)34)24(38)27(44-18(5)36)30(47-22)49-28-26(43-17(4)35)23(13-41-15(2)33)48-31(29(28)45-19(6)37)46-21-10-8-20(39-7)9-11-21/h8-11,22-31,38H,12-13H2,1-7H3/t22-,23-,24+,25-,26-,27-,28+,29-,30-,31-/m1/s1. The minimum atomic E-state index is -1.82. The van der Waals surface area contributed by atoms with Gasteiger partial charge in [0.1, 0.15) is 49.1 Å². The SMILES string of the molecule is COc1ccc(O[C@@H]2O[C@H](COC(C)=O)[C@@H](OC(C)=O)[C@H](O[C@H]3O[C@H](COC(C)=O)[C@@H](OC(C)=O)[C@H](O)[C@H]3OC(C)=O)[C@H]2OC(C)=O)cc1. The minimum absolute atomic E-state index is 0.201. The molecule has 18 heteroatoms. The Bertz CT molecular complexity index is 1330. The van der Waals surface area contributed by atoms with Crippen molar-refractivity contribution in [2.75, 3.05) is 20.3 Å². The number of hydrogen-bond acceptors (Lipinski definition) is 18. The fraction of sp³-hybridized carbons (Fsp3) is 0.613. The number of aliphatic hydroxyl groups is 1. The lowest BCUT2D eigenvalue weighted by Crippen LogP contribution is -2.67. The number of esters is 6. The van der Waals surface area contributed by atoms with E-state index < -0.39 is 110 Å². The summed E-state index contributed by atoms with van der Waals surface area (Å²) in [5.41, 5.74) is 0. The second-order valence-electron chi connectivity index (χ2n) is 10.9. The summed E-state index contributed by atoms with van der Waals surface area (Å²) in [6, 6.07) is 6.20. The van der Waals surface area contributed by atoms with Gasteiger partial charge in [-0.3, -0.25) is 28.8 Å². The molecule has 0 unspecified atom stereocenters. The highest BCUT2D eigenvalue weighted by atomic mass is 16.8. The van der Waals surface area contributed by atoms with Crippen LogP contribution < -0.4 is 9.47 Å². The van der Waals surface area contributed by atoms with Crippen molar-refractivity contribution in [1.82, 2.24) is 0 Å². The topological polar surface area (TPSA) is 224 Å². The largest absolute Gasteiger partial charge is 0.497 e. The van der Waals surface area contributed by atoms with Gasteiger partial charge in [0.25, 0.3) is 0 Å². The van der Waals surface area contributed by atoms with Gasteiger partial charge in [0.2, 0.25) is 6.29 Å². The van der Waals surface area contributed by atoms with E-state index in [1.165, 1.54) is 19.2 Å². The quantitative estimate of drug-likeness (QED) is 0.213. The molecule has 49 heavy (non-hydrogen) atoms. The first kappa shape index (κ1) is 38.9. The summed E-state index contributed by atoms with van der Waals surface area (Å²) in [5.74, 6) is -4.21. The third-order valence-electron chi connectivity index (χ3n) is 6.92. The molecule has 0 aliphatic carbocycles. The van der Waals surface area contributed by atoms with Gasteiger partial charge in [-0.2, -0.15) is 0 Å². The number of ether oxygens (including phenoxy) is 11. The minimum Gasteiger partial charge on any atom is -0.497 e. The Kier molecular flexibility index (Phi) is 14.1. The molecule has 2 heterocycles. The Morgan fingerprint density at radius 2 is 1.00 bits per heavy atom. The molecule has 2 aliphatic rings. The predicted octanol–water partition coefficient (Wildman–Crippen LogP) is 0.123. The van der Waals surface area contributed by atoms with Gasteiger partial charge >= 0.3 is 35.8 Å². The molecule has 272 valence electrons. The first-order valence-corrected chi connectivity index (χ1v) is 15.0. The van der Waals surface area contributed by atoms with E-state index in [1.54, 1.807) is 12.1 Å². The number of benzene rings is 1. The van der Waals surface area contributed by atoms with Crippen molar-refractivity contribution in [3.05, 3.63) is 24.3 Å². The van der Waals surface area contributed by atoms with Crippen molar-refractivity contribution in [3.63, 3.8) is 0 Å². The van der Waals surface area contributed by atoms with Crippen molar-refractivity contribution in [2.45, 2.75) is 103 Å². The van der Waals surface area contributed by atoms with E-state index >= 15 is 0 Å². The van der Waals surface area contributed by atoms with Crippen LogP contribution in [0.2, 0.25) is 0 Å². The first-order valence-electron chi connectivity index (χ1n) is 15.0. The molecule has 2 aliphatic heterocycles. The van der Waals surface area contributed by atoms with Crippen molar-refractivity contribution in [3.8, 4) is 11.5 Å². The highest BCUT2D eigenvalue weighted by molar-refractivity contribution is 5.68. The van der Waals surface area contributed by atoms with Crippen LogP contribution in [0.3, 0.4) is 0 Å². The van der Waals surface area contributed by atoms with Gasteiger partial charge in [0.15, 0.2) is 30.7 Å². The molecule has 0 saturated carbocycles. The van der Waals surface area contributed by atoms with Crippen molar-refractivity contribution < 1.29 is 86.0 Å². The van der Waals surface area contributed by atoms with E-state index in [9.17, 15) is 33.9 Å². The highest BCUT2D eigenvalue weighted by Crippen LogP contribution is 2.35. The molecule has 1 N–H and O–H groups in total. The van der Waals surface area contributed by atoms with Crippen LogP contribution in [0.5, 0.6) is 11.5 Å². The summed E-state index contributed by atoms with van der Waals surface area (Å²) in [6.45, 7) is 5.42. The summed E-state index contributed by atoms with van der Waals surface area (Å²) in [7, 11) is 1.46. The normalized spacial score (nSPS) is 29.4. The first-order chi connectivity index (χ1) is 23.1. The summed E-state index contributed by atoms with van der Waals surface area (Å²) in [6.07, 6.45) is -15.8. The molecule has 18 nitrogen and oxygen atoms in total. The number of rotatable bonds is 13. The molecule has 2 fully saturated rings. The fourth-order valence-electron chi connectivity index (χ4n) is 5.05. The van der Waals surface area contributed by atoms with E-state index in [-0.39, 0.29) is 5.75 Å². The van der Waals surface area contributed by atoms with Gasteiger partial charge in [-0.25, -0.2) is 0 Å². The van der Waals surface area contributed by atoms with Crippen LogP contribution in [0.1, 0.15) is 41.5 Å². The van der Waals surface area contributed by atoms with Crippen molar-refractivity contribution in [2.24, 2.45) is 0 Å². The van der Waals surface area contributed by atoms with Crippen LogP contribution in [0, 0.1) is 0 Å². The maximum absolute atomic E-state index is 12.4. The van der Waals surface area contributed by atoms with E-state index in [0.29, 0.717) is 5.75 Å². The molecular formula is C31H40O18. The predicted molar refractivity (Wildman–Crippen MR) is 157 cm³/mol. The van der Waals surface area contributed by atoms with Crippen LogP contribution in [0.15, 0.2) is 24.3 Å². The number of methoxy groups -OCH3 is 1. The molecule has 0 bridgehead atoms. The zero-order chi connectivity index (χ0) is 36.4. The van der Waals surface area contributed by atoms with Gasteiger partial charge in [-0.1, -0.05) is 0 Å². The van der Waals surface area contributed by atoms with Gasteiger partial charge in [0.05, 0.1) is 7.11 Å². The molecule has 0 radical (unpaired) electrons. The van der Waals surface area contributed by atoms with Gasteiger partial charge in [-0.15, -0.1) is 0 Å². The number of hydrogen-bond donors (Lipinski definition) is 1. The highest BCUT2D eigenvalue weighted by Gasteiger charge is 2.57. The number of carbonyl (C=O) groups excluding carboxylic acids is 6. The summed E-state index contributed by atoms with van der Waals surface area (Å²) in [4.78, 5) is 72.4. The Balaban J connectivity index is 2.13. The summed E-state index contributed by atoms with van der Waals surface area (Å²) >= 11 is 0. The Morgan fingerprint density at radius 1 is 0.571 bits per heavy atom. The monoisotopic (exact) mass is 700 g/mol. The van der Waals surface area contributed by atoms with Crippen molar-refractivity contribution >= 4 is 35.8 Å². The second kappa shape index (κ2) is 17.8. The van der Waals surface area contributed by atoms with Gasteiger partial charge in [-0.05, 0) is 24.3 Å². The average Bonchev–Trinajstić information content (AvgIpc) is 3.00. The fourth-order valence-corrected chi connectivity index (χ4v) is 5.05. The van der Waals surface area contributed by atoms with Crippen LogP contribution in [-0.2, 0) is 71.4 Å². The third kappa shape index (κ3) is 11.3. The van der Waals surface area contributed by atoms with Crippen LogP contribution >= 0.6 is 0 Å².